The van der Waals surface area contributed by atoms with Gasteiger partial charge in [-0.2, -0.15) is 0 Å². The van der Waals surface area contributed by atoms with E-state index in [9.17, 15) is 9.90 Å². The van der Waals surface area contributed by atoms with Crippen LogP contribution in [0.5, 0.6) is 17.2 Å². The summed E-state index contributed by atoms with van der Waals surface area (Å²) in [5, 5.41) is 13.2. The van der Waals surface area contributed by atoms with Gasteiger partial charge >= 0.3 is 0 Å². The lowest BCUT2D eigenvalue weighted by Crippen LogP contribution is -2.29. The average Bonchev–Trinajstić information content (AvgIpc) is 2.72. The normalized spacial score (nSPS) is 11.7. The maximum Gasteiger partial charge on any atom is 0.251 e. The van der Waals surface area contributed by atoms with E-state index in [1.807, 2.05) is 6.07 Å². The van der Waals surface area contributed by atoms with Crippen molar-refractivity contribution in [3.63, 3.8) is 0 Å². The van der Waals surface area contributed by atoms with Crippen molar-refractivity contribution < 1.29 is 24.1 Å². The van der Waals surface area contributed by atoms with Crippen LogP contribution in [0.1, 0.15) is 33.8 Å². The summed E-state index contributed by atoms with van der Waals surface area (Å²) in [6.45, 7) is 2.07. The number of ether oxygens (including phenoxy) is 3. The van der Waals surface area contributed by atoms with Crippen molar-refractivity contribution in [1.82, 2.24) is 5.32 Å². The molecule has 0 aliphatic heterocycles. The Morgan fingerprint density at radius 3 is 2.31 bits per heavy atom. The fraction of sp³-hybridized carbons (Fsp3) is 0.381. The Balaban J connectivity index is 2.27. The summed E-state index contributed by atoms with van der Waals surface area (Å²) in [5.41, 5.74) is 1.93. The Morgan fingerprint density at radius 2 is 1.76 bits per heavy atom. The monoisotopic (exact) mass is 441 g/mol. The Kier molecular flexibility index (Phi) is 8.44. The molecular formula is C21H25Cl2NO5. The molecule has 0 fully saturated rings. The summed E-state index contributed by atoms with van der Waals surface area (Å²) < 4.78 is 16.1. The van der Waals surface area contributed by atoms with Crippen LogP contribution < -0.4 is 19.5 Å². The molecule has 0 heterocycles. The summed E-state index contributed by atoms with van der Waals surface area (Å²) in [6.07, 6.45) is 0.465. The third-order valence-corrected chi connectivity index (χ3v) is 5.46. The van der Waals surface area contributed by atoms with Crippen molar-refractivity contribution in [1.29, 1.82) is 0 Å². The van der Waals surface area contributed by atoms with E-state index in [0.29, 0.717) is 51.4 Å². The summed E-state index contributed by atoms with van der Waals surface area (Å²) in [4.78, 5) is 12.9. The summed E-state index contributed by atoms with van der Waals surface area (Å²) >= 11 is 12.1. The Bertz CT molecular complexity index is 873. The predicted octanol–water partition coefficient (Wildman–Crippen LogP) is 4.22. The summed E-state index contributed by atoms with van der Waals surface area (Å²) in [6, 6.07) is 6.91. The standard InChI is InChI=1S/C21H25Cl2NO5/c1-12-15(10-18(27-2)20(29-4)19(12)28-3)21(26)24-11-14(7-8-25)13-5-6-16(22)17(23)9-13/h5-6,9-10,14,25H,7-8,11H2,1-4H3,(H,24,26). The molecule has 2 aromatic carbocycles. The molecule has 6 nitrogen and oxygen atoms in total. The van der Waals surface area contributed by atoms with E-state index in [1.54, 1.807) is 25.1 Å². The third kappa shape index (κ3) is 5.26. The van der Waals surface area contributed by atoms with Gasteiger partial charge in [-0.3, -0.25) is 4.79 Å². The van der Waals surface area contributed by atoms with Crippen molar-refractivity contribution >= 4 is 29.1 Å². The van der Waals surface area contributed by atoms with E-state index in [0.717, 1.165) is 5.56 Å². The molecule has 1 atom stereocenters. The molecule has 0 aliphatic rings. The number of aliphatic hydroxyl groups is 1. The predicted molar refractivity (Wildman–Crippen MR) is 114 cm³/mol. The minimum Gasteiger partial charge on any atom is -0.493 e. The molecule has 0 spiro atoms. The van der Waals surface area contributed by atoms with E-state index in [4.69, 9.17) is 37.4 Å². The van der Waals surface area contributed by atoms with Crippen LogP contribution in [-0.4, -0.2) is 45.5 Å². The Morgan fingerprint density at radius 1 is 1.07 bits per heavy atom. The van der Waals surface area contributed by atoms with Gasteiger partial charge in [0.25, 0.3) is 5.91 Å². The van der Waals surface area contributed by atoms with E-state index in [2.05, 4.69) is 5.32 Å². The number of aliphatic hydroxyl groups excluding tert-OH is 1. The summed E-state index contributed by atoms with van der Waals surface area (Å²) in [5.74, 6) is 0.855. The highest BCUT2D eigenvalue weighted by atomic mass is 35.5. The average molecular weight is 442 g/mol. The third-order valence-electron chi connectivity index (χ3n) is 4.72. The first-order chi connectivity index (χ1) is 13.9. The first-order valence-corrected chi connectivity index (χ1v) is 9.77. The van der Waals surface area contributed by atoms with Gasteiger partial charge < -0.3 is 24.6 Å². The maximum atomic E-state index is 12.9. The highest BCUT2D eigenvalue weighted by Gasteiger charge is 2.22. The zero-order valence-electron chi connectivity index (χ0n) is 16.8. The topological polar surface area (TPSA) is 77.0 Å². The number of methoxy groups -OCH3 is 3. The van der Waals surface area contributed by atoms with Crippen LogP contribution >= 0.6 is 23.2 Å². The van der Waals surface area contributed by atoms with Gasteiger partial charge in [0, 0.05) is 30.2 Å². The second-order valence-corrected chi connectivity index (χ2v) is 7.23. The SMILES string of the molecule is COc1cc(C(=O)NCC(CCO)c2ccc(Cl)c(Cl)c2)c(C)c(OC)c1OC. The van der Waals surface area contributed by atoms with Gasteiger partial charge in [-0.05, 0) is 37.1 Å². The van der Waals surface area contributed by atoms with Gasteiger partial charge in [0.15, 0.2) is 11.5 Å². The molecular weight excluding hydrogens is 417 g/mol. The lowest BCUT2D eigenvalue weighted by atomic mass is 9.95. The van der Waals surface area contributed by atoms with E-state index < -0.39 is 0 Å². The molecule has 0 aromatic heterocycles. The van der Waals surface area contributed by atoms with Gasteiger partial charge in [-0.1, -0.05) is 29.3 Å². The lowest BCUT2D eigenvalue weighted by Gasteiger charge is -2.20. The Labute approximate surface area is 180 Å². The number of halogens is 2. The fourth-order valence-corrected chi connectivity index (χ4v) is 3.46. The van der Waals surface area contributed by atoms with Crippen LogP contribution in [0.25, 0.3) is 0 Å². The molecule has 0 radical (unpaired) electrons. The smallest absolute Gasteiger partial charge is 0.251 e. The van der Waals surface area contributed by atoms with Crippen LogP contribution in [-0.2, 0) is 0 Å². The fourth-order valence-electron chi connectivity index (χ4n) is 3.16. The highest BCUT2D eigenvalue weighted by Crippen LogP contribution is 2.41. The van der Waals surface area contributed by atoms with Gasteiger partial charge in [0.05, 0.1) is 31.4 Å². The highest BCUT2D eigenvalue weighted by molar-refractivity contribution is 6.42. The molecule has 0 saturated heterocycles. The number of nitrogens with one attached hydrogen (secondary N) is 1. The molecule has 2 N–H and O–H groups in total. The van der Waals surface area contributed by atoms with Crippen molar-refractivity contribution in [2.45, 2.75) is 19.3 Å². The Hall–Kier alpha value is -2.15. The van der Waals surface area contributed by atoms with Crippen LogP contribution in [0.15, 0.2) is 24.3 Å². The number of carbonyl (C=O) groups excluding carboxylic acids is 1. The van der Waals surface area contributed by atoms with Gasteiger partial charge in [-0.25, -0.2) is 0 Å². The van der Waals surface area contributed by atoms with Gasteiger partial charge in [-0.15, -0.1) is 0 Å². The van der Waals surface area contributed by atoms with Gasteiger partial charge in [0.2, 0.25) is 5.75 Å². The second kappa shape index (κ2) is 10.6. The number of amides is 1. The van der Waals surface area contributed by atoms with Crippen LogP contribution in [0.3, 0.4) is 0 Å². The second-order valence-electron chi connectivity index (χ2n) is 6.41. The maximum absolute atomic E-state index is 12.9. The largest absolute Gasteiger partial charge is 0.493 e. The first kappa shape index (κ1) is 23.1. The molecule has 2 aromatic rings. The van der Waals surface area contributed by atoms with Gasteiger partial charge in [0.1, 0.15) is 0 Å². The van der Waals surface area contributed by atoms with Crippen molar-refractivity contribution in [3.8, 4) is 17.2 Å². The summed E-state index contributed by atoms with van der Waals surface area (Å²) in [7, 11) is 4.51. The van der Waals surface area contributed by atoms with Crippen LogP contribution in [0.2, 0.25) is 10.0 Å². The van der Waals surface area contributed by atoms with Crippen LogP contribution in [0, 0.1) is 6.92 Å². The molecule has 0 aliphatic carbocycles. The minimum absolute atomic E-state index is 0.0238. The van der Waals surface area contributed by atoms with Crippen LogP contribution in [0.4, 0.5) is 0 Å². The number of rotatable bonds is 9. The molecule has 29 heavy (non-hydrogen) atoms. The molecule has 0 bridgehead atoms. The number of carbonyl (C=O) groups is 1. The number of hydrogen-bond acceptors (Lipinski definition) is 5. The minimum atomic E-state index is -0.287. The van der Waals surface area contributed by atoms with E-state index >= 15 is 0 Å². The lowest BCUT2D eigenvalue weighted by molar-refractivity contribution is 0.0947. The molecule has 1 amide bonds. The molecule has 1 unspecified atom stereocenters. The molecule has 2 rings (SSSR count). The molecule has 0 saturated carbocycles. The van der Waals surface area contributed by atoms with E-state index in [1.165, 1.54) is 21.3 Å². The first-order valence-electron chi connectivity index (χ1n) is 9.01. The molecule has 158 valence electrons. The van der Waals surface area contributed by atoms with Crippen molar-refractivity contribution in [2.75, 3.05) is 34.5 Å². The van der Waals surface area contributed by atoms with Crippen molar-refractivity contribution in [2.24, 2.45) is 0 Å². The molecule has 8 heteroatoms. The van der Waals surface area contributed by atoms with Crippen molar-refractivity contribution in [3.05, 3.63) is 51.0 Å². The zero-order valence-corrected chi connectivity index (χ0v) is 18.4. The quantitative estimate of drug-likeness (QED) is 0.608. The van der Waals surface area contributed by atoms with E-state index in [-0.39, 0.29) is 18.4 Å². The number of benzene rings is 2. The number of hydrogen-bond donors (Lipinski definition) is 2. The zero-order chi connectivity index (χ0) is 21.6.